The van der Waals surface area contributed by atoms with Crippen molar-refractivity contribution in [3.05, 3.63) is 70.1 Å². The standard InChI is InChI=1S/C27H35N7O4S/c1-5-17(4)39(37,38)22-11-20(10-21(28)12-22)23-14-32-26(33-16(2)3)27(36)34(23)15-24(35)31-13-18-6-8-19(9-7-18)25(29)30/h6-12,14,16-17H,5,13,15,28H2,1-4H3,(H3,29,30)(H,31,35)(H,32,33). The largest absolute Gasteiger partial charge is 0.399 e. The number of carbonyl (C=O) groups excluding carboxylic acids is 1. The average Bonchev–Trinajstić information content (AvgIpc) is 2.88. The Bertz CT molecular complexity index is 1530. The van der Waals surface area contributed by atoms with Crippen LogP contribution in [0.5, 0.6) is 0 Å². The van der Waals surface area contributed by atoms with Gasteiger partial charge in [-0.3, -0.25) is 19.6 Å². The Balaban J connectivity index is 1.99. The van der Waals surface area contributed by atoms with Gasteiger partial charge in [0.05, 0.1) is 22.0 Å². The monoisotopic (exact) mass is 553 g/mol. The number of nitrogens with zero attached hydrogens (tertiary/aromatic N) is 2. The van der Waals surface area contributed by atoms with Gasteiger partial charge in [-0.05, 0) is 51.0 Å². The number of amides is 1. The van der Waals surface area contributed by atoms with Gasteiger partial charge in [-0.15, -0.1) is 0 Å². The summed E-state index contributed by atoms with van der Waals surface area (Å²) in [5.74, 6) is -0.424. The lowest BCUT2D eigenvalue weighted by atomic mass is 10.1. The van der Waals surface area contributed by atoms with E-state index in [0.717, 1.165) is 5.56 Å². The Morgan fingerprint density at radius 3 is 2.38 bits per heavy atom. The topological polar surface area (TPSA) is 186 Å². The zero-order valence-electron chi connectivity index (χ0n) is 22.5. The summed E-state index contributed by atoms with van der Waals surface area (Å²) in [4.78, 5) is 30.7. The van der Waals surface area contributed by atoms with Crippen LogP contribution >= 0.6 is 0 Å². The molecular weight excluding hydrogens is 518 g/mol. The van der Waals surface area contributed by atoms with Gasteiger partial charge in [0.2, 0.25) is 5.91 Å². The third-order valence-corrected chi connectivity index (χ3v) is 8.48. The number of benzene rings is 2. The smallest absolute Gasteiger partial charge is 0.294 e. The van der Waals surface area contributed by atoms with E-state index < -0.39 is 26.6 Å². The number of carbonyl (C=O) groups is 1. The molecular formula is C27H35N7O4S. The number of aromatic nitrogens is 2. The maximum Gasteiger partial charge on any atom is 0.294 e. The Morgan fingerprint density at radius 2 is 1.79 bits per heavy atom. The van der Waals surface area contributed by atoms with Crippen LogP contribution in [0.25, 0.3) is 11.3 Å². The molecule has 0 aliphatic carbocycles. The number of amidine groups is 1. The predicted molar refractivity (Wildman–Crippen MR) is 153 cm³/mol. The lowest BCUT2D eigenvalue weighted by molar-refractivity contribution is -0.121. The van der Waals surface area contributed by atoms with Gasteiger partial charge < -0.3 is 22.1 Å². The third kappa shape index (κ3) is 7.02. The molecule has 1 atom stereocenters. The van der Waals surface area contributed by atoms with Gasteiger partial charge in [0, 0.05) is 29.4 Å². The van der Waals surface area contributed by atoms with Gasteiger partial charge in [0.1, 0.15) is 12.4 Å². The molecule has 39 heavy (non-hydrogen) atoms. The number of nitrogens with two attached hydrogens (primary N) is 2. The summed E-state index contributed by atoms with van der Waals surface area (Å²) in [6.45, 7) is 6.98. The van der Waals surface area contributed by atoms with Crippen molar-refractivity contribution in [2.45, 2.75) is 63.4 Å². The second kappa shape index (κ2) is 12.1. The molecule has 0 saturated carbocycles. The molecule has 0 saturated heterocycles. The molecule has 0 radical (unpaired) electrons. The van der Waals surface area contributed by atoms with Crippen LogP contribution in [0.3, 0.4) is 0 Å². The van der Waals surface area contributed by atoms with Crippen LogP contribution in [0, 0.1) is 5.41 Å². The molecule has 0 spiro atoms. The number of nitrogens with one attached hydrogen (secondary N) is 3. The van der Waals surface area contributed by atoms with Crippen molar-refractivity contribution in [2.24, 2.45) is 5.73 Å². The van der Waals surface area contributed by atoms with Gasteiger partial charge in [0.25, 0.3) is 5.56 Å². The number of hydrogen-bond donors (Lipinski definition) is 5. The molecule has 1 unspecified atom stereocenters. The van der Waals surface area contributed by atoms with Gasteiger partial charge in [-0.25, -0.2) is 13.4 Å². The fourth-order valence-electron chi connectivity index (χ4n) is 3.84. The van der Waals surface area contributed by atoms with Crippen LogP contribution in [0.2, 0.25) is 0 Å². The first-order valence-corrected chi connectivity index (χ1v) is 14.1. The van der Waals surface area contributed by atoms with Crippen LogP contribution in [0.15, 0.2) is 58.4 Å². The Kier molecular flexibility index (Phi) is 9.12. The summed E-state index contributed by atoms with van der Waals surface area (Å²) < 4.78 is 27.3. The van der Waals surface area contributed by atoms with Gasteiger partial charge >= 0.3 is 0 Å². The first-order chi connectivity index (χ1) is 18.3. The van der Waals surface area contributed by atoms with E-state index in [1.54, 1.807) is 44.2 Å². The molecule has 3 aromatic rings. The van der Waals surface area contributed by atoms with Crippen molar-refractivity contribution >= 4 is 33.1 Å². The van der Waals surface area contributed by atoms with E-state index in [4.69, 9.17) is 16.9 Å². The van der Waals surface area contributed by atoms with Crippen molar-refractivity contribution < 1.29 is 13.2 Å². The fourth-order valence-corrected chi connectivity index (χ4v) is 5.33. The molecule has 208 valence electrons. The fraction of sp³-hybridized carbons (Fsp3) is 0.333. The molecule has 0 fully saturated rings. The van der Waals surface area contributed by atoms with E-state index in [9.17, 15) is 18.0 Å². The van der Waals surface area contributed by atoms with Crippen molar-refractivity contribution in [2.75, 3.05) is 11.1 Å². The molecule has 7 N–H and O–H groups in total. The third-order valence-electron chi connectivity index (χ3n) is 6.19. The molecule has 12 heteroatoms. The van der Waals surface area contributed by atoms with Crippen LogP contribution in [-0.4, -0.2) is 41.0 Å². The van der Waals surface area contributed by atoms with Gasteiger partial charge in [-0.2, -0.15) is 0 Å². The lowest BCUT2D eigenvalue weighted by Crippen LogP contribution is -2.35. The first-order valence-electron chi connectivity index (χ1n) is 12.5. The minimum absolute atomic E-state index is 0.0358. The zero-order chi connectivity index (χ0) is 28.9. The van der Waals surface area contributed by atoms with Crippen LogP contribution in [-0.2, 0) is 27.7 Å². The highest BCUT2D eigenvalue weighted by Gasteiger charge is 2.24. The summed E-state index contributed by atoms with van der Waals surface area (Å²) in [5.41, 5.74) is 13.2. The second-order valence-electron chi connectivity index (χ2n) is 9.62. The van der Waals surface area contributed by atoms with E-state index in [0.29, 0.717) is 17.5 Å². The summed E-state index contributed by atoms with van der Waals surface area (Å²) in [5, 5.41) is 12.6. The van der Waals surface area contributed by atoms with E-state index in [1.165, 1.54) is 22.9 Å². The van der Waals surface area contributed by atoms with E-state index in [2.05, 4.69) is 15.6 Å². The van der Waals surface area contributed by atoms with Crippen molar-refractivity contribution in [3.63, 3.8) is 0 Å². The molecule has 1 amide bonds. The highest BCUT2D eigenvalue weighted by molar-refractivity contribution is 7.92. The number of anilines is 2. The highest BCUT2D eigenvalue weighted by Crippen LogP contribution is 2.28. The van der Waals surface area contributed by atoms with Crippen molar-refractivity contribution in [3.8, 4) is 11.3 Å². The molecule has 1 aromatic heterocycles. The summed E-state index contributed by atoms with van der Waals surface area (Å²) in [6.07, 6.45) is 1.85. The molecule has 0 bridgehead atoms. The Morgan fingerprint density at radius 1 is 1.13 bits per heavy atom. The van der Waals surface area contributed by atoms with Crippen molar-refractivity contribution in [1.82, 2.24) is 14.9 Å². The maximum atomic E-state index is 13.4. The minimum atomic E-state index is -3.66. The minimum Gasteiger partial charge on any atom is -0.399 e. The summed E-state index contributed by atoms with van der Waals surface area (Å²) in [7, 11) is -3.66. The summed E-state index contributed by atoms with van der Waals surface area (Å²) in [6, 6.07) is 11.2. The predicted octanol–water partition coefficient (Wildman–Crippen LogP) is 2.49. The molecule has 3 rings (SSSR count). The van der Waals surface area contributed by atoms with Crippen LogP contribution in [0.1, 0.15) is 45.2 Å². The Hall–Kier alpha value is -4.19. The van der Waals surface area contributed by atoms with Crippen LogP contribution in [0.4, 0.5) is 11.5 Å². The second-order valence-corrected chi connectivity index (χ2v) is 12.0. The highest BCUT2D eigenvalue weighted by atomic mass is 32.2. The Labute approximate surface area is 228 Å². The molecule has 2 aromatic carbocycles. The molecule has 0 aliphatic rings. The van der Waals surface area contributed by atoms with Gasteiger partial charge in [-0.1, -0.05) is 31.2 Å². The first kappa shape index (κ1) is 29.4. The quantitative estimate of drug-likeness (QED) is 0.136. The summed E-state index contributed by atoms with van der Waals surface area (Å²) >= 11 is 0. The average molecular weight is 554 g/mol. The molecule has 0 aliphatic heterocycles. The zero-order valence-corrected chi connectivity index (χ0v) is 23.3. The SMILES string of the molecule is CCC(C)S(=O)(=O)c1cc(N)cc(-c2cnc(NC(C)C)c(=O)n2CC(=O)NCc2ccc(C(=N)N)cc2)c1. The lowest BCUT2D eigenvalue weighted by Gasteiger charge is -2.18. The normalized spacial score (nSPS) is 12.2. The van der Waals surface area contributed by atoms with E-state index in [-0.39, 0.29) is 47.1 Å². The number of sulfone groups is 1. The van der Waals surface area contributed by atoms with E-state index >= 15 is 0 Å². The number of nitrogen functional groups attached to an aromatic ring is 2. The van der Waals surface area contributed by atoms with Crippen molar-refractivity contribution in [1.29, 1.82) is 5.41 Å². The van der Waals surface area contributed by atoms with Gasteiger partial charge in [0.15, 0.2) is 15.7 Å². The molecule has 11 nitrogen and oxygen atoms in total. The van der Waals surface area contributed by atoms with Crippen LogP contribution < -0.4 is 27.7 Å². The number of hydrogen-bond acceptors (Lipinski definition) is 8. The number of rotatable bonds is 11. The van der Waals surface area contributed by atoms with E-state index in [1.807, 2.05) is 13.8 Å². The maximum absolute atomic E-state index is 13.4. The molecule has 1 heterocycles.